The summed E-state index contributed by atoms with van der Waals surface area (Å²) in [6, 6.07) is 7.73. The first-order chi connectivity index (χ1) is 9.26. The number of nitrogens with one attached hydrogen (secondary N) is 2. The zero-order valence-corrected chi connectivity index (χ0v) is 14.2. The topological polar surface area (TPSA) is 58.2 Å². The lowest BCUT2D eigenvalue weighted by atomic mass is 10.1. The number of halogens is 1. The number of hydrogen-bond acceptors (Lipinski definition) is 3. The van der Waals surface area contributed by atoms with Crippen LogP contribution in [0.4, 0.5) is 0 Å². The summed E-state index contributed by atoms with van der Waals surface area (Å²) in [6.07, 6.45) is 0. The predicted octanol–water partition coefficient (Wildman–Crippen LogP) is 2.57. The SMILES string of the molecule is CC(C)(C)NC(=O)CNC(=O)CSc1ccc(Br)cc1. The Balaban J connectivity index is 2.27. The zero-order valence-electron chi connectivity index (χ0n) is 11.8. The molecule has 20 heavy (non-hydrogen) atoms. The van der Waals surface area contributed by atoms with Crippen LogP contribution in [0.3, 0.4) is 0 Å². The highest BCUT2D eigenvalue weighted by molar-refractivity contribution is 9.10. The molecule has 2 amide bonds. The molecule has 0 spiro atoms. The molecule has 1 rings (SSSR count). The number of hydrogen-bond donors (Lipinski definition) is 2. The van der Waals surface area contributed by atoms with Crippen LogP contribution in [-0.2, 0) is 9.59 Å². The van der Waals surface area contributed by atoms with Crippen molar-refractivity contribution in [1.29, 1.82) is 0 Å². The summed E-state index contributed by atoms with van der Waals surface area (Å²) >= 11 is 4.79. The first kappa shape index (κ1) is 17.0. The first-order valence-electron chi connectivity index (χ1n) is 6.22. The molecule has 0 heterocycles. The fraction of sp³-hybridized carbons (Fsp3) is 0.429. The Hall–Kier alpha value is -1.01. The molecule has 0 fully saturated rings. The molecular formula is C14H19BrN2O2S. The number of thioether (sulfide) groups is 1. The fourth-order valence-electron chi connectivity index (χ4n) is 1.37. The zero-order chi connectivity index (χ0) is 15.2. The molecule has 1 aromatic rings. The highest BCUT2D eigenvalue weighted by Gasteiger charge is 2.14. The van der Waals surface area contributed by atoms with Crippen LogP contribution in [-0.4, -0.2) is 29.7 Å². The van der Waals surface area contributed by atoms with Crippen LogP contribution in [0.25, 0.3) is 0 Å². The van der Waals surface area contributed by atoms with Gasteiger partial charge in [0.1, 0.15) is 0 Å². The molecule has 4 nitrogen and oxygen atoms in total. The lowest BCUT2D eigenvalue weighted by Gasteiger charge is -2.20. The van der Waals surface area contributed by atoms with E-state index < -0.39 is 0 Å². The van der Waals surface area contributed by atoms with Gasteiger partial charge in [0.05, 0.1) is 12.3 Å². The number of carbonyl (C=O) groups excluding carboxylic acids is 2. The number of benzene rings is 1. The quantitative estimate of drug-likeness (QED) is 0.795. The molecule has 0 atom stereocenters. The number of amides is 2. The van der Waals surface area contributed by atoms with Crippen LogP contribution in [0.2, 0.25) is 0 Å². The van der Waals surface area contributed by atoms with E-state index in [9.17, 15) is 9.59 Å². The normalized spacial score (nSPS) is 11.0. The summed E-state index contributed by atoms with van der Waals surface area (Å²) in [4.78, 5) is 24.2. The van der Waals surface area contributed by atoms with Crippen molar-refractivity contribution in [2.75, 3.05) is 12.3 Å². The van der Waals surface area contributed by atoms with Crippen molar-refractivity contribution in [3.8, 4) is 0 Å². The van der Waals surface area contributed by atoms with E-state index in [-0.39, 0.29) is 23.9 Å². The van der Waals surface area contributed by atoms with Gasteiger partial charge in [-0.15, -0.1) is 11.8 Å². The maximum atomic E-state index is 11.6. The molecule has 0 aliphatic heterocycles. The fourth-order valence-corrected chi connectivity index (χ4v) is 2.36. The smallest absolute Gasteiger partial charge is 0.239 e. The molecule has 1 aromatic carbocycles. The van der Waals surface area contributed by atoms with Gasteiger partial charge in [-0.05, 0) is 45.0 Å². The second-order valence-corrected chi connectivity index (χ2v) is 7.28. The van der Waals surface area contributed by atoms with Crippen molar-refractivity contribution < 1.29 is 9.59 Å². The van der Waals surface area contributed by atoms with Crippen molar-refractivity contribution in [2.45, 2.75) is 31.2 Å². The van der Waals surface area contributed by atoms with Gasteiger partial charge in [-0.3, -0.25) is 9.59 Å². The van der Waals surface area contributed by atoms with Crippen molar-refractivity contribution in [3.63, 3.8) is 0 Å². The molecule has 0 saturated heterocycles. The second kappa shape index (κ2) is 7.69. The van der Waals surface area contributed by atoms with E-state index in [0.29, 0.717) is 5.75 Å². The van der Waals surface area contributed by atoms with Gasteiger partial charge in [0, 0.05) is 14.9 Å². The molecule has 0 unspecified atom stereocenters. The highest BCUT2D eigenvalue weighted by atomic mass is 79.9. The summed E-state index contributed by atoms with van der Waals surface area (Å²) in [5.41, 5.74) is -0.284. The van der Waals surface area contributed by atoms with E-state index in [1.807, 2.05) is 45.0 Å². The molecule has 0 bridgehead atoms. The average molecular weight is 359 g/mol. The molecule has 0 aromatic heterocycles. The molecule has 6 heteroatoms. The molecule has 110 valence electrons. The van der Waals surface area contributed by atoms with Crippen molar-refractivity contribution >= 4 is 39.5 Å². The van der Waals surface area contributed by atoms with Gasteiger partial charge in [0.15, 0.2) is 0 Å². The number of rotatable bonds is 5. The third-order valence-corrected chi connectivity index (χ3v) is 3.68. The standard InChI is InChI=1S/C14H19BrN2O2S/c1-14(2,3)17-12(18)8-16-13(19)9-20-11-6-4-10(15)5-7-11/h4-7H,8-9H2,1-3H3,(H,16,19)(H,17,18). The summed E-state index contributed by atoms with van der Waals surface area (Å²) in [5, 5.41) is 5.39. The maximum absolute atomic E-state index is 11.6. The summed E-state index contributed by atoms with van der Waals surface area (Å²) in [5.74, 6) is -0.0359. The van der Waals surface area contributed by atoms with E-state index in [2.05, 4.69) is 26.6 Å². The van der Waals surface area contributed by atoms with E-state index >= 15 is 0 Å². The van der Waals surface area contributed by atoms with Crippen LogP contribution in [0.15, 0.2) is 33.6 Å². The molecule has 0 saturated carbocycles. The summed E-state index contributed by atoms with van der Waals surface area (Å²) in [7, 11) is 0. The van der Waals surface area contributed by atoms with Crippen LogP contribution in [0.5, 0.6) is 0 Å². The minimum atomic E-state index is -0.284. The Morgan fingerprint density at radius 2 is 1.75 bits per heavy atom. The Morgan fingerprint density at radius 1 is 1.15 bits per heavy atom. The van der Waals surface area contributed by atoms with E-state index in [0.717, 1.165) is 9.37 Å². The Labute approximate surface area is 132 Å². The third kappa shape index (κ3) is 7.55. The van der Waals surface area contributed by atoms with Crippen LogP contribution < -0.4 is 10.6 Å². The Morgan fingerprint density at radius 3 is 2.30 bits per heavy atom. The van der Waals surface area contributed by atoms with Gasteiger partial charge in [0.2, 0.25) is 11.8 Å². The van der Waals surface area contributed by atoms with E-state index in [1.165, 1.54) is 11.8 Å². The first-order valence-corrected chi connectivity index (χ1v) is 8.00. The largest absolute Gasteiger partial charge is 0.350 e. The van der Waals surface area contributed by atoms with Gasteiger partial charge in [-0.25, -0.2) is 0 Å². The van der Waals surface area contributed by atoms with E-state index in [4.69, 9.17) is 0 Å². The number of carbonyl (C=O) groups is 2. The van der Waals surface area contributed by atoms with Crippen molar-refractivity contribution in [1.82, 2.24) is 10.6 Å². The van der Waals surface area contributed by atoms with Crippen molar-refractivity contribution in [3.05, 3.63) is 28.7 Å². The predicted molar refractivity (Wildman–Crippen MR) is 85.8 cm³/mol. The van der Waals surface area contributed by atoms with Crippen LogP contribution >= 0.6 is 27.7 Å². The third-order valence-electron chi connectivity index (χ3n) is 2.14. The Kier molecular flexibility index (Phi) is 6.55. The molecule has 0 radical (unpaired) electrons. The van der Waals surface area contributed by atoms with Gasteiger partial charge in [-0.1, -0.05) is 15.9 Å². The molecular weight excluding hydrogens is 340 g/mol. The Bertz CT molecular complexity index is 469. The second-order valence-electron chi connectivity index (χ2n) is 5.32. The van der Waals surface area contributed by atoms with Gasteiger partial charge >= 0.3 is 0 Å². The van der Waals surface area contributed by atoms with Gasteiger partial charge in [0.25, 0.3) is 0 Å². The van der Waals surface area contributed by atoms with Crippen LogP contribution in [0.1, 0.15) is 20.8 Å². The lowest BCUT2D eigenvalue weighted by Crippen LogP contribution is -2.46. The lowest BCUT2D eigenvalue weighted by molar-refractivity contribution is -0.125. The minimum absolute atomic E-state index is 0.0109. The molecule has 0 aliphatic rings. The monoisotopic (exact) mass is 358 g/mol. The summed E-state index contributed by atoms with van der Waals surface area (Å²) in [6.45, 7) is 5.71. The molecule has 0 aliphatic carbocycles. The van der Waals surface area contributed by atoms with E-state index in [1.54, 1.807) is 0 Å². The average Bonchev–Trinajstić information content (AvgIpc) is 2.33. The summed E-state index contributed by atoms with van der Waals surface area (Å²) < 4.78 is 1.00. The van der Waals surface area contributed by atoms with Gasteiger partial charge < -0.3 is 10.6 Å². The maximum Gasteiger partial charge on any atom is 0.239 e. The molecule has 2 N–H and O–H groups in total. The minimum Gasteiger partial charge on any atom is -0.350 e. The van der Waals surface area contributed by atoms with Gasteiger partial charge in [-0.2, -0.15) is 0 Å². The van der Waals surface area contributed by atoms with Crippen molar-refractivity contribution in [2.24, 2.45) is 0 Å². The highest BCUT2D eigenvalue weighted by Crippen LogP contribution is 2.20. The van der Waals surface area contributed by atoms with Crippen LogP contribution in [0, 0.1) is 0 Å².